The summed E-state index contributed by atoms with van der Waals surface area (Å²) in [6.07, 6.45) is 4.94. The van der Waals surface area contributed by atoms with Gasteiger partial charge in [0, 0.05) is 18.1 Å². The van der Waals surface area contributed by atoms with Crippen LogP contribution in [0.5, 0.6) is 5.75 Å². The summed E-state index contributed by atoms with van der Waals surface area (Å²) in [6.45, 7) is 0.843. The number of ether oxygens (including phenoxy) is 1. The molecule has 0 fully saturated rings. The number of pyridine rings is 1. The molecule has 2 N–H and O–H groups in total. The predicted octanol–water partition coefficient (Wildman–Crippen LogP) is 3.09. The number of para-hydroxylation sites is 1. The van der Waals surface area contributed by atoms with Crippen molar-refractivity contribution in [3.63, 3.8) is 0 Å². The van der Waals surface area contributed by atoms with Crippen molar-refractivity contribution in [2.75, 3.05) is 18.5 Å². The lowest BCUT2D eigenvalue weighted by Crippen LogP contribution is -2.27. The summed E-state index contributed by atoms with van der Waals surface area (Å²) in [4.78, 5) is 20.8. The van der Waals surface area contributed by atoms with E-state index in [2.05, 4.69) is 20.6 Å². The molecule has 0 radical (unpaired) electrons. The van der Waals surface area contributed by atoms with Crippen LogP contribution >= 0.6 is 11.3 Å². The molecular formula is C17H16N4O2S. The molecule has 0 bridgehead atoms. The van der Waals surface area contributed by atoms with Gasteiger partial charge in [-0.05, 0) is 24.3 Å². The monoisotopic (exact) mass is 340 g/mol. The molecule has 6 nitrogen and oxygen atoms in total. The molecule has 0 aliphatic carbocycles. The number of carbonyl (C=O) groups is 1. The first kappa shape index (κ1) is 15.9. The summed E-state index contributed by atoms with van der Waals surface area (Å²) in [5.41, 5.74) is 0.877. The van der Waals surface area contributed by atoms with Crippen LogP contribution in [0, 0.1) is 0 Å². The number of carbonyl (C=O) groups excluding carboxylic acids is 1. The lowest BCUT2D eigenvalue weighted by Gasteiger charge is -2.06. The van der Waals surface area contributed by atoms with E-state index >= 15 is 0 Å². The zero-order valence-corrected chi connectivity index (χ0v) is 13.6. The van der Waals surface area contributed by atoms with E-state index in [1.165, 1.54) is 11.3 Å². The number of thiazole rings is 1. The van der Waals surface area contributed by atoms with Gasteiger partial charge in [0.05, 0.1) is 12.7 Å². The Labute approximate surface area is 143 Å². The van der Waals surface area contributed by atoms with E-state index in [0.717, 1.165) is 11.4 Å². The number of aromatic nitrogens is 2. The minimum atomic E-state index is -0.160. The summed E-state index contributed by atoms with van der Waals surface area (Å²) in [5, 5.41) is 6.60. The quantitative estimate of drug-likeness (QED) is 0.646. The summed E-state index contributed by atoms with van der Waals surface area (Å²) in [6, 6.07) is 13.2. The van der Waals surface area contributed by atoms with Crippen molar-refractivity contribution in [1.82, 2.24) is 15.3 Å². The third kappa shape index (κ3) is 4.53. The minimum absolute atomic E-state index is 0.160. The second kappa shape index (κ2) is 8.07. The Morgan fingerprint density at radius 1 is 1.12 bits per heavy atom. The van der Waals surface area contributed by atoms with Gasteiger partial charge in [-0.25, -0.2) is 4.98 Å². The molecule has 0 saturated carbocycles. The van der Waals surface area contributed by atoms with Gasteiger partial charge in [-0.1, -0.05) is 29.5 Å². The molecule has 0 aliphatic heterocycles. The number of hydrogen-bond donors (Lipinski definition) is 2. The van der Waals surface area contributed by atoms with E-state index < -0.39 is 0 Å². The van der Waals surface area contributed by atoms with Crippen LogP contribution in [-0.2, 0) is 0 Å². The van der Waals surface area contributed by atoms with Crippen LogP contribution in [0.1, 0.15) is 9.67 Å². The van der Waals surface area contributed by atoms with Crippen molar-refractivity contribution in [3.05, 3.63) is 65.9 Å². The molecule has 7 heteroatoms. The maximum absolute atomic E-state index is 12.1. The molecule has 0 spiro atoms. The fourth-order valence-corrected chi connectivity index (χ4v) is 2.69. The molecule has 0 saturated heterocycles. The van der Waals surface area contributed by atoms with Gasteiger partial charge >= 0.3 is 0 Å². The minimum Gasteiger partial charge on any atom is -0.492 e. The maximum Gasteiger partial charge on any atom is 0.263 e. The molecule has 24 heavy (non-hydrogen) atoms. The summed E-state index contributed by atoms with van der Waals surface area (Å²) >= 11 is 1.29. The van der Waals surface area contributed by atoms with Crippen LogP contribution in [0.2, 0.25) is 0 Å². The Morgan fingerprint density at radius 2 is 1.92 bits per heavy atom. The molecule has 1 aromatic carbocycles. The molecular weight excluding hydrogens is 324 g/mol. The number of rotatable bonds is 7. The van der Waals surface area contributed by atoms with E-state index in [0.29, 0.717) is 23.2 Å². The number of nitrogens with one attached hydrogen (secondary N) is 2. The van der Waals surface area contributed by atoms with Gasteiger partial charge in [0.1, 0.15) is 17.2 Å². The summed E-state index contributed by atoms with van der Waals surface area (Å²) in [5.74, 6) is 0.625. The highest BCUT2D eigenvalue weighted by atomic mass is 32.1. The van der Waals surface area contributed by atoms with Gasteiger partial charge in [0.2, 0.25) is 0 Å². The van der Waals surface area contributed by atoms with Crippen LogP contribution in [0.4, 0.5) is 10.8 Å². The number of benzene rings is 1. The zero-order chi connectivity index (χ0) is 16.6. The molecule has 0 unspecified atom stereocenters. The Hall–Kier alpha value is -2.93. The molecule has 2 heterocycles. The zero-order valence-electron chi connectivity index (χ0n) is 12.8. The molecule has 1 amide bonds. The fraction of sp³-hybridized carbons (Fsp3) is 0.118. The Bertz CT molecular complexity index is 778. The van der Waals surface area contributed by atoms with E-state index in [1.807, 2.05) is 42.5 Å². The number of hydrogen-bond acceptors (Lipinski definition) is 6. The molecule has 122 valence electrons. The topological polar surface area (TPSA) is 76.1 Å². The highest BCUT2D eigenvalue weighted by Gasteiger charge is 2.10. The Balaban J connectivity index is 1.45. The second-order valence-electron chi connectivity index (χ2n) is 4.81. The van der Waals surface area contributed by atoms with Crippen molar-refractivity contribution in [1.29, 1.82) is 0 Å². The molecule has 0 atom stereocenters. The van der Waals surface area contributed by atoms with Crippen LogP contribution in [0.25, 0.3) is 0 Å². The third-order valence-corrected chi connectivity index (χ3v) is 3.97. The van der Waals surface area contributed by atoms with Crippen LogP contribution in [0.15, 0.2) is 61.1 Å². The van der Waals surface area contributed by atoms with E-state index in [9.17, 15) is 4.79 Å². The first-order valence-electron chi connectivity index (χ1n) is 7.40. The van der Waals surface area contributed by atoms with Gasteiger partial charge in [0.15, 0.2) is 5.13 Å². The standard InChI is InChI=1S/C17H16N4O2S/c22-16(19-10-11-23-14-4-2-1-3-5-14)15-12-20-17(24-15)21-13-6-8-18-9-7-13/h1-9,12H,10-11H2,(H,19,22)(H,18,20,21). The smallest absolute Gasteiger partial charge is 0.263 e. The fourth-order valence-electron chi connectivity index (χ4n) is 1.93. The van der Waals surface area contributed by atoms with Gasteiger partial charge in [-0.2, -0.15) is 0 Å². The second-order valence-corrected chi connectivity index (χ2v) is 5.84. The number of amides is 1. The number of nitrogens with zero attached hydrogens (tertiary/aromatic N) is 2. The first-order valence-corrected chi connectivity index (χ1v) is 8.22. The highest BCUT2D eigenvalue weighted by molar-refractivity contribution is 7.17. The van der Waals surface area contributed by atoms with Crippen molar-refractivity contribution in [3.8, 4) is 5.75 Å². The van der Waals surface area contributed by atoms with Gasteiger partial charge in [-0.3, -0.25) is 9.78 Å². The van der Waals surface area contributed by atoms with Gasteiger partial charge in [-0.15, -0.1) is 0 Å². The molecule has 2 aromatic heterocycles. The van der Waals surface area contributed by atoms with Crippen molar-refractivity contribution >= 4 is 28.1 Å². The molecule has 3 rings (SSSR count). The lowest BCUT2D eigenvalue weighted by molar-refractivity contribution is 0.0951. The predicted molar refractivity (Wildman–Crippen MR) is 93.9 cm³/mol. The van der Waals surface area contributed by atoms with E-state index in [4.69, 9.17) is 4.74 Å². The third-order valence-electron chi connectivity index (χ3n) is 3.06. The van der Waals surface area contributed by atoms with Gasteiger partial charge in [0.25, 0.3) is 5.91 Å². The Morgan fingerprint density at radius 3 is 2.71 bits per heavy atom. The van der Waals surface area contributed by atoms with Crippen LogP contribution in [-0.4, -0.2) is 29.0 Å². The molecule has 0 aliphatic rings. The van der Waals surface area contributed by atoms with Crippen LogP contribution in [0.3, 0.4) is 0 Å². The van der Waals surface area contributed by atoms with Crippen molar-refractivity contribution < 1.29 is 9.53 Å². The normalized spacial score (nSPS) is 10.2. The number of anilines is 2. The summed E-state index contributed by atoms with van der Waals surface area (Å²) < 4.78 is 5.53. The average molecular weight is 340 g/mol. The highest BCUT2D eigenvalue weighted by Crippen LogP contribution is 2.21. The van der Waals surface area contributed by atoms with E-state index in [-0.39, 0.29) is 5.91 Å². The Kier molecular flexibility index (Phi) is 5.36. The summed E-state index contributed by atoms with van der Waals surface area (Å²) in [7, 11) is 0. The van der Waals surface area contributed by atoms with Gasteiger partial charge < -0.3 is 15.4 Å². The SMILES string of the molecule is O=C(NCCOc1ccccc1)c1cnc(Nc2ccncc2)s1. The lowest BCUT2D eigenvalue weighted by atomic mass is 10.3. The van der Waals surface area contributed by atoms with Crippen LogP contribution < -0.4 is 15.4 Å². The average Bonchev–Trinajstić information content (AvgIpc) is 3.09. The largest absolute Gasteiger partial charge is 0.492 e. The van der Waals surface area contributed by atoms with Crippen molar-refractivity contribution in [2.24, 2.45) is 0 Å². The van der Waals surface area contributed by atoms with Crippen molar-refractivity contribution in [2.45, 2.75) is 0 Å². The first-order chi connectivity index (χ1) is 11.8. The van der Waals surface area contributed by atoms with E-state index in [1.54, 1.807) is 18.6 Å². The maximum atomic E-state index is 12.1. The molecule has 3 aromatic rings.